The summed E-state index contributed by atoms with van der Waals surface area (Å²) in [7, 11) is 0. The summed E-state index contributed by atoms with van der Waals surface area (Å²) in [6.07, 6.45) is 3.82. The van der Waals surface area contributed by atoms with E-state index in [1.165, 1.54) is 24.4 Å². The number of imidazole rings is 1. The van der Waals surface area contributed by atoms with Gasteiger partial charge in [0.1, 0.15) is 24.8 Å². The largest absolute Gasteiger partial charge is 0.418 e. The van der Waals surface area contributed by atoms with Crippen LogP contribution in [0.1, 0.15) is 15.9 Å². The lowest BCUT2D eigenvalue weighted by molar-refractivity contribution is -0.137. The quantitative estimate of drug-likeness (QED) is 0.570. The topological polar surface area (TPSA) is 90.5 Å². The van der Waals surface area contributed by atoms with Gasteiger partial charge in [-0.15, -0.1) is 0 Å². The maximum absolute atomic E-state index is 13.5. The Labute approximate surface area is 161 Å². The predicted octanol–water partition coefficient (Wildman–Crippen LogP) is 3.12. The van der Waals surface area contributed by atoms with E-state index in [1.807, 2.05) is 0 Å². The first-order chi connectivity index (χ1) is 13.9. The molecule has 0 saturated carbocycles. The second-order valence-corrected chi connectivity index (χ2v) is 5.90. The van der Waals surface area contributed by atoms with Gasteiger partial charge in [0.25, 0.3) is 5.91 Å². The number of benzene rings is 1. The molecule has 1 aromatic carbocycles. The number of carbonyl (C=O) groups is 1. The van der Waals surface area contributed by atoms with Crippen molar-refractivity contribution in [3.8, 4) is 11.5 Å². The first kappa shape index (κ1) is 18.3. The molecule has 11 heteroatoms. The SMILES string of the molecule is O=C(Nc1ccc(-n2cncn2)c(C(F)(F)F)c1)c1ccc(-n2ccnc2)nc1. The van der Waals surface area contributed by atoms with Gasteiger partial charge in [0.05, 0.1) is 16.8 Å². The minimum Gasteiger partial charge on any atom is -0.322 e. The van der Waals surface area contributed by atoms with E-state index in [0.717, 1.165) is 23.4 Å². The second-order valence-electron chi connectivity index (χ2n) is 5.90. The number of amides is 1. The van der Waals surface area contributed by atoms with Crippen LogP contribution in [0.15, 0.2) is 67.9 Å². The molecule has 0 aliphatic rings. The molecule has 0 radical (unpaired) electrons. The van der Waals surface area contributed by atoms with Crippen LogP contribution in [-0.2, 0) is 6.18 Å². The van der Waals surface area contributed by atoms with E-state index in [4.69, 9.17) is 0 Å². The highest BCUT2D eigenvalue weighted by atomic mass is 19.4. The van der Waals surface area contributed by atoms with Gasteiger partial charge in [-0.1, -0.05) is 0 Å². The van der Waals surface area contributed by atoms with Crippen molar-refractivity contribution in [3.05, 3.63) is 79.0 Å². The molecule has 0 bridgehead atoms. The number of carbonyl (C=O) groups excluding carboxylic acids is 1. The molecule has 0 fully saturated rings. The molecule has 0 aliphatic heterocycles. The molecule has 0 atom stereocenters. The number of nitrogens with zero attached hydrogens (tertiary/aromatic N) is 6. The van der Waals surface area contributed by atoms with E-state index in [9.17, 15) is 18.0 Å². The Morgan fingerprint density at radius 2 is 1.93 bits per heavy atom. The van der Waals surface area contributed by atoms with Gasteiger partial charge in [-0.25, -0.2) is 19.6 Å². The van der Waals surface area contributed by atoms with Gasteiger partial charge in [-0.2, -0.15) is 18.3 Å². The van der Waals surface area contributed by atoms with Crippen LogP contribution in [0.3, 0.4) is 0 Å². The van der Waals surface area contributed by atoms with Crippen molar-refractivity contribution in [3.63, 3.8) is 0 Å². The van der Waals surface area contributed by atoms with Gasteiger partial charge >= 0.3 is 6.18 Å². The number of halogens is 3. The molecule has 8 nitrogen and oxygen atoms in total. The number of nitrogens with one attached hydrogen (secondary N) is 1. The fourth-order valence-corrected chi connectivity index (χ4v) is 2.64. The Morgan fingerprint density at radius 3 is 2.55 bits per heavy atom. The van der Waals surface area contributed by atoms with Gasteiger partial charge in [0.2, 0.25) is 0 Å². The van der Waals surface area contributed by atoms with Crippen molar-refractivity contribution in [2.45, 2.75) is 6.18 Å². The van der Waals surface area contributed by atoms with Crippen molar-refractivity contribution in [2.24, 2.45) is 0 Å². The molecule has 3 aromatic heterocycles. The lowest BCUT2D eigenvalue weighted by atomic mass is 10.1. The first-order valence-electron chi connectivity index (χ1n) is 8.24. The number of hydrogen-bond acceptors (Lipinski definition) is 5. The summed E-state index contributed by atoms with van der Waals surface area (Å²) in [6.45, 7) is 0. The molecule has 0 unspecified atom stereocenters. The monoisotopic (exact) mass is 399 g/mol. The van der Waals surface area contributed by atoms with Gasteiger partial charge < -0.3 is 5.32 Å². The predicted molar refractivity (Wildman–Crippen MR) is 95.7 cm³/mol. The van der Waals surface area contributed by atoms with Crippen molar-refractivity contribution < 1.29 is 18.0 Å². The summed E-state index contributed by atoms with van der Waals surface area (Å²) in [5.41, 5.74) is -0.957. The zero-order chi connectivity index (χ0) is 20.4. The van der Waals surface area contributed by atoms with Gasteiger partial charge in [-0.3, -0.25) is 9.36 Å². The van der Waals surface area contributed by atoms with Crippen LogP contribution < -0.4 is 5.32 Å². The van der Waals surface area contributed by atoms with Crippen LogP contribution >= 0.6 is 0 Å². The number of anilines is 1. The van der Waals surface area contributed by atoms with E-state index in [2.05, 4.69) is 25.4 Å². The second kappa shape index (κ2) is 7.19. The highest BCUT2D eigenvalue weighted by Gasteiger charge is 2.34. The molecule has 146 valence electrons. The highest BCUT2D eigenvalue weighted by molar-refractivity contribution is 6.04. The third kappa shape index (κ3) is 3.83. The van der Waals surface area contributed by atoms with Crippen molar-refractivity contribution in [1.82, 2.24) is 29.3 Å². The number of hydrogen-bond donors (Lipinski definition) is 1. The van der Waals surface area contributed by atoms with Crippen LogP contribution in [0.4, 0.5) is 18.9 Å². The maximum Gasteiger partial charge on any atom is 0.418 e. The zero-order valence-corrected chi connectivity index (χ0v) is 14.6. The molecule has 0 aliphatic carbocycles. The van der Waals surface area contributed by atoms with E-state index in [0.29, 0.717) is 5.82 Å². The summed E-state index contributed by atoms with van der Waals surface area (Å²) in [6, 6.07) is 6.55. The average Bonchev–Trinajstić information content (AvgIpc) is 3.41. The Bertz CT molecular complexity index is 1120. The summed E-state index contributed by atoms with van der Waals surface area (Å²) in [5.74, 6) is -0.0353. The number of aromatic nitrogens is 6. The molecule has 1 N–H and O–H groups in total. The maximum atomic E-state index is 13.5. The molecule has 1 amide bonds. The minimum atomic E-state index is -4.64. The van der Waals surface area contributed by atoms with Crippen LogP contribution in [0, 0.1) is 0 Å². The molecule has 4 aromatic rings. The molecular formula is C18H12F3N7O. The Hall–Kier alpha value is -4.02. The molecule has 0 spiro atoms. The van der Waals surface area contributed by atoms with Crippen molar-refractivity contribution in [1.29, 1.82) is 0 Å². The normalized spacial score (nSPS) is 11.4. The number of pyridine rings is 1. The van der Waals surface area contributed by atoms with E-state index >= 15 is 0 Å². The van der Waals surface area contributed by atoms with E-state index in [-0.39, 0.29) is 16.9 Å². The molecule has 29 heavy (non-hydrogen) atoms. The molecule has 0 saturated heterocycles. The molecular weight excluding hydrogens is 387 g/mol. The van der Waals surface area contributed by atoms with E-state index < -0.39 is 17.6 Å². The smallest absolute Gasteiger partial charge is 0.322 e. The van der Waals surface area contributed by atoms with E-state index in [1.54, 1.807) is 29.4 Å². The minimum absolute atomic E-state index is 0.00937. The third-order valence-corrected chi connectivity index (χ3v) is 4.00. The fraction of sp³-hybridized carbons (Fsp3) is 0.0556. The van der Waals surface area contributed by atoms with Crippen LogP contribution in [0.5, 0.6) is 0 Å². The Balaban J connectivity index is 1.58. The lowest BCUT2D eigenvalue weighted by Gasteiger charge is -2.14. The third-order valence-electron chi connectivity index (χ3n) is 4.00. The van der Waals surface area contributed by atoms with Crippen molar-refractivity contribution in [2.75, 3.05) is 5.32 Å². The number of alkyl halides is 3. The highest BCUT2D eigenvalue weighted by Crippen LogP contribution is 2.35. The molecule has 3 heterocycles. The zero-order valence-electron chi connectivity index (χ0n) is 14.6. The Morgan fingerprint density at radius 1 is 1.07 bits per heavy atom. The summed E-state index contributed by atoms with van der Waals surface area (Å²) in [5, 5.41) is 6.19. The summed E-state index contributed by atoms with van der Waals surface area (Å²) in [4.78, 5) is 24.1. The Kier molecular flexibility index (Phi) is 4.55. The van der Waals surface area contributed by atoms with Gasteiger partial charge in [0, 0.05) is 24.3 Å². The van der Waals surface area contributed by atoms with Crippen LogP contribution in [0.25, 0.3) is 11.5 Å². The standard InChI is InChI=1S/C18H12F3N7O/c19-18(20,21)14-7-13(2-3-15(14)28-11-23-9-25-28)26-17(29)12-1-4-16(24-8-12)27-6-5-22-10-27/h1-11H,(H,26,29). The van der Waals surface area contributed by atoms with Crippen LogP contribution in [-0.4, -0.2) is 35.2 Å². The lowest BCUT2D eigenvalue weighted by Crippen LogP contribution is -2.15. The van der Waals surface area contributed by atoms with Crippen molar-refractivity contribution >= 4 is 11.6 Å². The van der Waals surface area contributed by atoms with Crippen LogP contribution in [0.2, 0.25) is 0 Å². The number of rotatable bonds is 4. The fourth-order valence-electron chi connectivity index (χ4n) is 2.64. The van der Waals surface area contributed by atoms with Gasteiger partial charge in [-0.05, 0) is 30.3 Å². The summed E-state index contributed by atoms with van der Waals surface area (Å²) < 4.78 is 43.1. The molecule has 4 rings (SSSR count). The van der Waals surface area contributed by atoms with Gasteiger partial charge in [0.15, 0.2) is 0 Å². The summed E-state index contributed by atoms with van der Waals surface area (Å²) >= 11 is 0. The first-order valence-corrected chi connectivity index (χ1v) is 8.24. The average molecular weight is 399 g/mol.